The van der Waals surface area contributed by atoms with E-state index < -0.39 is 5.97 Å². The molecule has 142 valence electrons. The Labute approximate surface area is 165 Å². The summed E-state index contributed by atoms with van der Waals surface area (Å²) in [7, 11) is 0. The van der Waals surface area contributed by atoms with E-state index in [-0.39, 0.29) is 24.7 Å². The van der Waals surface area contributed by atoms with Gasteiger partial charge in [-0.25, -0.2) is 14.2 Å². The predicted molar refractivity (Wildman–Crippen MR) is 102 cm³/mol. The third kappa shape index (κ3) is 4.50. The Morgan fingerprint density at radius 2 is 1.89 bits per heavy atom. The number of ether oxygens (including phenoxy) is 2. The predicted octanol–water partition coefficient (Wildman–Crippen LogP) is 3.84. The summed E-state index contributed by atoms with van der Waals surface area (Å²) in [5.41, 5.74) is 1.40. The molecule has 1 aromatic heterocycles. The molecule has 2 aromatic carbocycles. The molecule has 0 unspecified atom stereocenters. The van der Waals surface area contributed by atoms with E-state index in [1.165, 1.54) is 30.1 Å². The first-order valence-electron chi connectivity index (χ1n) is 8.30. The quantitative estimate of drug-likeness (QED) is 0.342. The van der Waals surface area contributed by atoms with E-state index in [4.69, 9.17) is 14.7 Å². The molecule has 0 fully saturated rings. The van der Waals surface area contributed by atoms with E-state index in [9.17, 15) is 9.18 Å². The number of esters is 1. The highest BCUT2D eigenvalue weighted by Crippen LogP contribution is 2.22. The first kappa shape index (κ1) is 19.5. The van der Waals surface area contributed by atoms with Gasteiger partial charge in [-0.2, -0.15) is 5.26 Å². The fourth-order valence-electron chi connectivity index (χ4n) is 2.46. The summed E-state index contributed by atoms with van der Waals surface area (Å²) in [5, 5.41) is 9.36. The number of imidazole rings is 1. The van der Waals surface area contributed by atoms with Gasteiger partial charge in [-0.05, 0) is 54.8 Å². The maximum Gasteiger partial charge on any atom is 0.357 e. The van der Waals surface area contributed by atoms with E-state index in [1.807, 2.05) is 12.3 Å². The molecule has 0 atom stereocenters. The maximum absolute atomic E-state index is 13.2. The van der Waals surface area contributed by atoms with Gasteiger partial charge >= 0.3 is 5.97 Å². The second-order valence-corrected chi connectivity index (χ2v) is 6.34. The standard InChI is InChI=1S/C20H16FN3O3S/c1-28-20-23-13-18(24(20)16-6-4-15(21)5-7-16)19(25)27-11-10-26-17-8-2-14(12-22)3-9-17/h2-9,13H,10-11H2,1H3. The van der Waals surface area contributed by atoms with Crippen molar-refractivity contribution in [2.75, 3.05) is 19.5 Å². The lowest BCUT2D eigenvalue weighted by Gasteiger charge is -2.11. The molecule has 28 heavy (non-hydrogen) atoms. The van der Waals surface area contributed by atoms with Crippen molar-refractivity contribution < 1.29 is 18.7 Å². The van der Waals surface area contributed by atoms with E-state index in [1.54, 1.807) is 41.0 Å². The summed E-state index contributed by atoms with van der Waals surface area (Å²) in [4.78, 5) is 16.7. The molecule has 0 radical (unpaired) electrons. The number of carbonyl (C=O) groups is 1. The van der Waals surface area contributed by atoms with Crippen molar-refractivity contribution in [1.82, 2.24) is 9.55 Å². The van der Waals surface area contributed by atoms with Crippen LogP contribution in [0.1, 0.15) is 16.1 Å². The Morgan fingerprint density at radius 1 is 1.18 bits per heavy atom. The van der Waals surface area contributed by atoms with Crippen LogP contribution in [0.2, 0.25) is 0 Å². The minimum absolute atomic E-state index is 0.0437. The lowest BCUT2D eigenvalue weighted by Crippen LogP contribution is -2.15. The Balaban J connectivity index is 1.63. The monoisotopic (exact) mass is 397 g/mol. The lowest BCUT2D eigenvalue weighted by molar-refractivity contribution is 0.0440. The highest BCUT2D eigenvalue weighted by molar-refractivity contribution is 7.98. The van der Waals surface area contributed by atoms with Crippen LogP contribution in [-0.4, -0.2) is 35.0 Å². The number of rotatable bonds is 7. The fraction of sp³-hybridized carbons (Fsp3) is 0.150. The normalized spacial score (nSPS) is 10.3. The van der Waals surface area contributed by atoms with Crippen molar-refractivity contribution in [3.8, 4) is 17.5 Å². The van der Waals surface area contributed by atoms with E-state index in [0.717, 1.165) is 0 Å². The second-order valence-electron chi connectivity index (χ2n) is 5.56. The molecule has 0 bridgehead atoms. The van der Waals surface area contributed by atoms with Gasteiger partial charge < -0.3 is 9.47 Å². The smallest absolute Gasteiger partial charge is 0.357 e. The third-order valence-corrected chi connectivity index (χ3v) is 4.43. The lowest BCUT2D eigenvalue weighted by atomic mass is 10.2. The number of aromatic nitrogens is 2. The molecule has 0 aliphatic rings. The van der Waals surface area contributed by atoms with Crippen LogP contribution in [-0.2, 0) is 4.74 Å². The van der Waals surface area contributed by atoms with Gasteiger partial charge in [-0.3, -0.25) is 4.57 Å². The van der Waals surface area contributed by atoms with Crippen LogP contribution in [0.5, 0.6) is 5.75 Å². The van der Waals surface area contributed by atoms with Gasteiger partial charge in [0.15, 0.2) is 10.9 Å². The van der Waals surface area contributed by atoms with Gasteiger partial charge in [0.05, 0.1) is 17.8 Å². The molecule has 0 amide bonds. The molecule has 8 heteroatoms. The van der Waals surface area contributed by atoms with Crippen molar-refractivity contribution in [3.63, 3.8) is 0 Å². The second kappa shape index (κ2) is 9.06. The molecule has 0 aliphatic heterocycles. The van der Waals surface area contributed by atoms with Crippen LogP contribution < -0.4 is 4.74 Å². The highest BCUT2D eigenvalue weighted by atomic mass is 32.2. The SMILES string of the molecule is CSc1ncc(C(=O)OCCOc2ccc(C#N)cc2)n1-c1ccc(F)cc1. The topological polar surface area (TPSA) is 77.1 Å². The molecular weight excluding hydrogens is 381 g/mol. The zero-order chi connectivity index (χ0) is 19.9. The number of thioether (sulfide) groups is 1. The van der Waals surface area contributed by atoms with Gasteiger partial charge in [0.1, 0.15) is 24.8 Å². The van der Waals surface area contributed by atoms with Crippen molar-refractivity contribution in [2.24, 2.45) is 0 Å². The van der Waals surface area contributed by atoms with Crippen LogP contribution in [0.25, 0.3) is 5.69 Å². The maximum atomic E-state index is 13.2. The Bertz CT molecular complexity index is 995. The minimum Gasteiger partial charge on any atom is -0.490 e. The van der Waals surface area contributed by atoms with E-state index >= 15 is 0 Å². The number of benzene rings is 2. The Hall–Kier alpha value is -3.31. The highest BCUT2D eigenvalue weighted by Gasteiger charge is 2.19. The number of hydrogen-bond donors (Lipinski definition) is 0. The largest absolute Gasteiger partial charge is 0.490 e. The summed E-state index contributed by atoms with van der Waals surface area (Å²) < 4.78 is 25.6. The van der Waals surface area contributed by atoms with Gasteiger partial charge in [0.2, 0.25) is 0 Å². The number of nitrogens with zero attached hydrogens (tertiary/aromatic N) is 3. The Kier molecular flexibility index (Phi) is 6.29. The first-order chi connectivity index (χ1) is 13.6. The summed E-state index contributed by atoms with van der Waals surface area (Å²) in [6, 6.07) is 14.4. The summed E-state index contributed by atoms with van der Waals surface area (Å²) in [5.74, 6) is -0.338. The van der Waals surface area contributed by atoms with Gasteiger partial charge in [0.25, 0.3) is 0 Å². The zero-order valence-corrected chi connectivity index (χ0v) is 15.8. The van der Waals surface area contributed by atoms with Crippen molar-refractivity contribution in [3.05, 3.63) is 71.8 Å². The number of nitriles is 1. The van der Waals surface area contributed by atoms with Crippen molar-refractivity contribution in [2.45, 2.75) is 5.16 Å². The molecule has 3 aromatic rings. The van der Waals surface area contributed by atoms with Crippen LogP contribution in [0.15, 0.2) is 59.9 Å². The molecule has 0 saturated carbocycles. The van der Waals surface area contributed by atoms with Crippen LogP contribution in [0.4, 0.5) is 4.39 Å². The van der Waals surface area contributed by atoms with Crippen molar-refractivity contribution >= 4 is 17.7 Å². The first-order valence-corrected chi connectivity index (χ1v) is 9.52. The fourth-order valence-corrected chi connectivity index (χ4v) is 3.00. The average Bonchev–Trinajstić information content (AvgIpc) is 3.16. The number of carbonyl (C=O) groups excluding carboxylic acids is 1. The number of hydrogen-bond acceptors (Lipinski definition) is 6. The van der Waals surface area contributed by atoms with Gasteiger partial charge in [-0.15, -0.1) is 0 Å². The summed E-state index contributed by atoms with van der Waals surface area (Å²) in [6.07, 6.45) is 3.27. The van der Waals surface area contributed by atoms with E-state index in [0.29, 0.717) is 22.2 Å². The minimum atomic E-state index is -0.555. The molecular formula is C20H16FN3O3S. The van der Waals surface area contributed by atoms with Gasteiger partial charge in [0, 0.05) is 5.69 Å². The molecule has 0 aliphatic carbocycles. The van der Waals surface area contributed by atoms with Gasteiger partial charge in [-0.1, -0.05) is 11.8 Å². The van der Waals surface area contributed by atoms with E-state index in [2.05, 4.69) is 4.98 Å². The van der Waals surface area contributed by atoms with Crippen LogP contribution in [0, 0.1) is 17.1 Å². The molecule has 3 rings (SSSR count). The van der Waals surface area contributed by atoms with Crippen molar-refractivity contribution in [1.29, 1.82) is 5.26 Å². The molecule has 0 N–H and O–H groups in total. The molecule has 0 saturated heterocycles. The number of halogens is 1. The zero-order valence-electron chi connectivity index (χ0n) is 15.0. The average molecular weight is 397 g/mol. The molecule has 1 heterocycles. The Morgan fingerprint density at radius 3 is 2.54 bits per heavy atom. The van der Waals surface area contributed by atoms with Crippen LogP contribution in [0.3, 0.4) is 0 Å². The summed E-state index contributed by atoms with van der Waals surface area (Å²) >= 11 is 1.36. The molecule has 0 spiro atoms. The third-order valence-electron chi connectivity index (χ3n) is 3.77. The molecule has 6 nitrogen and oxygen atoms in total. The summed E-state index contributed by atoms with van der Waals surface area (Å²) in [6.45, 7) is 0.208. The van der Waals surface area contributed by atoms with Crippen LogP contribution >= 0.6 is 11.8 Å².